The van der Waals surface area contributed by atoms with Crippen LogP contribution in [0.4, 0.5) is 5.69 Å². The molecule has 1 saturated heterocycles. The second-order valence-electron chi connectivity index (χ2n) is 7.67. The Bertz CT molecular complexity index is 581. The number of rotatable bonds is 3. The van der Waals surface area contributed by atoms with E-state index in [0.717, 1.165) is 44.3 Å². The smallest absolute Gasteiger partial charge is 0.254 e. The summed E-state index contributed by atoms with van der Waals surface area (Å²) in [6.45, 7) is 8.72. The zero-order valence-corrected chi connectivity index (χ0v) is 14.4. The molecule has 3 heteroatoms. The van der Waals surface area contributed by atoms with Crippen LogP contribution in [0.2, 0.25) is 0 Å². The van der Waals surface area contributed by atoms with Crippen molar-refractivity contribution in [1.29, 1.82) is 0 Å². The predicted molar refractivity (Wildman–Crippen MR) is 91.5 cm³/mol. The molecule has 3 rings (SSSR count). The van der Waals surface area contributed by atoms with Crippen molar-refractivity contribution in [2.75, 3.05) is 25.0 Å². The number of anilines is 1. The Kier molecular flexibility index (Phi) is 3.92. The van der Waals surface area contributed by atoms with Crippen molar-refractivity contribution in [3.63, 3.8) is 0 Å². The number of hydrogen-bond donors (Lipinski definition) is 0. The van der Waals surface area contributed by atoms with Gasteiger partial charge in [-0.1, -0.05) is 13.8 Å². The van der Waals surface area contributed by atoms with Crippen molar-refractivity contribution < 1.29 is 4.79 Å². The maximum atomic E-state index is 13.0. The SMILES string of the molecule is CC(C)CC1(C)CCCN1C(=O)c1ccc2c(c1)CCN2C. The lowest BCUT2D eigenvalue weighted by Gasteiger charge is -2.37. The summed E-state index contributed by atoms with van der Waals surface area (Å²) < 4.78 is 0. The van der Waals surface area contributed by atoms with Crippen molar-refractivity contribution in [1.82, 2.24) is 4.90 Å². The van der Waals surface area contributed by atoms with Gasteiger partial charge in [-0.2, -0.15) is 0 Å². The van der Waals surface area contributed by atoms with Gasteiger partial charge in [0.15, 0.2) is 0 Å². The average molecular weight is 300 g/mol. The topological polar surface area (TPSA) is 23.6 Å². The van der Waals surface area contributed by atoms with E-state index < -0.39 is 0 Å². The quantitative estimate of drug-likeness (QED) is 0.849. The summed E-state index contributed by atoms with van der Waals surface area (Å²) >= 11 is 0. The van der Waals surface area contributed by atoms with Gasteiger partial charge in [-0.05, 0) is 62.3 Å². The third-order valence-electron chi connectivity index (χ3n) is 5.30. The van der Waals surface area contributed by atoms with Crippen molar-refractivity contribution in [2.24, 2.45) is 5.92 Å². The molecule has 1 unspecified atom stereocenters. The summed E-state index contributed by atoms with van der Waals surface area (Å²) in [5.41, 5.74) is 3.49. The Morgan fingerprint density at radius 2 is 2.09 bits per heavy atom. The first-order chi connectivity index (χ1) is 10.4. The highest BCUT2D eigenvalue weighted by atomic mass is 16.2. The van der Waals surface area contributed by atoms with E-state index in [1.54, 1.807) is 0 Å². The first kappa shape index (κ1) is 15.4. The molecule has 0 N–H and O–H groups in total. The number of carbonyl (C=O) groups is 1. The monoisotopic (exact) mass is 300 g/mol. The van der Waals surface area contributed by atoms with Gasteiger partial charge in [-0.3, -0.25) is 4.79 Å². The molecule has 2 aliphatic rings. The third-order valence-corrected chi connectivity index (χ3v) is 5.30. The number of likely N-dealkylation sites (tertiary alicyclic amines) is 1. The molecule has 0 bridgehead atoms. The van der Waals surface area contributed by atoms with Crippen LogP contribution in [0.3, 0.4) is 0 Å². The van der Waals surface area contributed by atoms with Crippen molar-refractivity contribution in [3.8, 4) is 0 Å². The van der Waals surface area contributed by atoms with E-state index in [1.165, 1.54) is 11.3 Å². The highest BCUT2D eigenvalue weighted by Crippen LogP contribution is 2.36. The highest BCUT2D eigenvalue weighted by Gasteiger charge is 2.40. The first-order valence-electron chi connectivity index (χ1n) is 8.57. The van der Waals surface area contributed by atoms with Crippen LogP contribution < -0.4 is 4.90 Å². The summed E-state index contributed by atoms with van der Waals surface area (Å²) in [6, 6.07) is 6.25. The van der Waals surface area contributed by atoms with Crippen molar-refractivity contribution in [2.45, 2.75) is 52.0 Å². The molecule has 1 amide bonds. The molecule has 1 aromatic rings. The first-order valence-corrected chi connectivity index (χ1v) is 8.57. The van der Waals surface area contributed by atoms with Gasteiger partial charge < -0.3 is 9.80 Å². The molecule has 1 atom stereocenters. The Morgan fingerprint density at radius 1 is 1.32 bits per heavy atom. The zero-order valence-electron chi connectivity index (χ0n) is 14.4. The zero-order chi connectivity index (χ0) is 15.9. The maximum Gasteiger partial charge on any atom is 0.254 e. The molecule has 0 aliphatic carbocycles. The van der Waals surface area contributed by atoms with E-state index in [4.69, 9.17) is 0 Å². The fraction of sp³-hybridized carbons (Fsp3) is 0.632. The number of hydrogen-bond acceptors (Lipinski definition) is 2. The molecule has 22 heavy (non-hydrogen) atoms. The standard InChI is InChI=1S/C19H28N2O/c1-14(2)13-19(3)9-5-10-21(19)18(22)16-6-7-17-15(12-16)8-11-20(17)4/h6-7,12,14H,5,8-11,13H2,1-4H3. The van der Waals surface area contributed by atoms with Gasteiger partial charge >= 0.3 is 0 Å². The van der Waals surface area contributed by atoms with Crippen LogP contribution in [0.15, 0.2) is 18.2 Å². The van der Waals surface area contributed by atoms with E-state index in [1.807, 2.05) is 6.07 Å². The van der Waals surface area contributed by atoms with Crippen molar-refractivity contribution in [3.05, 3.63) is 29.3 Å². The molecule has 0 spiro atoms. The molecule has 2 aliphatic heterocycles. The second-order valence-corrected chi connectivity index (χ2v) is 7.67. The van der Waals surface area contributed by atoms with Crippen LogP contribution in [-0.2, 0) is 6.42 Å². The van der Waals surface area contributed by atoms with Gasteiger partial charge in [0.25, 0.3) is 5.91 Å². The maximum absolute atomic E-state index is 13.0. The Morgan fingerprint density at radius 3 is 2.82 bits per heavy atom. The number of amides is 1. The van der Waals surface area contributed by atoms with Crippen molar-refractivity contribution >= 4 is 11.6 Å². The van der Waals surface area contributed by atoms with E-state index in [9.17, 15) is 4.79 Å². The van der Waals surface area contributed by atoms with Gasteiger partial charge in [0.1, 0.15) is 0 Å². The molecule has 2 heterocycles. The third kappa shape index (κ3) is 2.62. The fourth-order valence-corrected chi connectivity index (χ4v) is 4.32. The molecule has 0 aromatic heterocycles. The minimum absolute atomic E-state index is 0.0288. The molecule has 3 nitrogen and oxygen atoms in total. The number of nitrogens with zero attached hydrogens (tertiary/aromatic N) is 2. The van der Waals surface area contributed by atoms with E-state index >= 15 is 0 Å². The molecule has 1 fully saturated rings. The second kappa shape index (κ2) is 5.60. The van der Waals surface area contributed by atoms with Crippen LogP contribution >= 0.6 is 0 Å². The van der Waals surface area contributed by atoms with Crippen LogP contribution in [0.5, 0.6) is 0 Å². The van der Waals surface area contributed by atoms with Crippen LogP contribution in [0, 0.1) is 5.92 Å². The molecule has 120 valence electrons. The van der Waals surface area contributed by atoms with Gasteiger partial charge in [0.2, 0.25) is 0 Å². The molecule has 1 aromatic carbocycles. The fourth-order valence-electron chi connectivity index (χ4n) is 4.32. The number of likely N-dealkylation sites (N-methyl/N-ethyl adjacent to an activating group) is 1. The summed E-state index contributed by atoms with van der Waals surface area (Å²) in [5, 5.41) is 0. The number of carbonyl (C=O) groups excluding carboxylic acids is 1. The van der Waals surface area contributed by atoms with Crippen LogP contribution in [0.25, 0.3) is 0 Å². The summed E-state index contributed by atoms with van der Waals surface area (Å²) in [7, 11) is 2.12. The largest absolute Gasteiger partial charge is 0.374 e. The predicted octanol–water partition coefficient (Wildman–Crippen LogP) is 3.72. The average Bonchev–Trinajstić information content (AvgIpc) is 3.01. The van der Waals surface area contributed by atoms with Crippen LogP contribution in [-0.4, -0.2) is 36.5 Å². The lowest BCUT2D eigenvalue weighted by molar-refractivity contribution is 0.0586. The van der Waals surface area contributed by atoms with Crippen LogP contribution in [0.1, 0.15) is 56.0 Å². The van der Waals surface area contributed by atoms with Gasteiger partial charge in [0.05, 0.1) is 0 Å². The normalized spacial score (nSPS) is 24.2. The lowest BCUT2D eigenvalue weighted by Crippen LogP contribution is -2.45. The van der Waals surface area contributed by atoms with E-state index in [0.29, 0.717) is 5.92 Å². The Balaban J connectivity index is 1.84. The molecule has 0 saturated carbocycles. The summed E-state index contributed by atoms with van der Waals surface area (Å²) in [6.07, 6.45) is 4.40. The van der Waals surface area contributed by atoms with Gasteiger partial charge in [0, 0.05) is 36.9 Å². The minimum Gasteiger partial charge on any atom is -0.374 e. The highest BCUT2D eigenvalue weighted by molar-refractivity contribution is 5.95. The van der Waals surface area contributed by atoms with Gasteiger partial charge in [-0.25, -0.2) is 0 Å². The summed E-state index contributed by atoms with van der Waals surface area (Å²) in [5.74, 6) is 0.838. The van der Waals surface area contributed by atoms with E-state index in [-0.39, 0.29) is 11.4 Å². The summed E-state index contributed by atoms with van der Waals surface area (Å²) in [4.78, 5) is 17.4. The molecular formula is C19H28N2O. The molecule has 0 radical (unpaired) electrons. The Labute approximate surface area is 134 Å². The number of fused-ring (bicyclic) bond motifs is 1. The minimum atomic E-state index is 0.0288. The number of benzene rings is 1. The molecular weight excluding hydrogens is 272 g/mol. The Hall–Kier alpha value is -1.51. The van der Waals surface area contributed by atoms with E-state index in [2.05, 4.69) is 49.8 Å². The lowest BCUT2D eigenvalue weighted by atomic mass is 9.88. The van der Waals surface area contributed by atoms with Gasteiger partial charge in [-0.15, -0.1) is 0 Å².